The van der Waals surface area contributed by atoms with Gasteiger partial charge in [-0.2, -0.15) is 0 Å². The normalized spacial score (nSPS) is 13.7. The zero-order valence-corrected chi connectivity index (χ0v) is 13.6. The lowest BCUT2D eigenvalue weighted by molar-refractivity contribution is -0.111. The molecule has 0 saturated heterocycles. The molecule has 0 spiro atoms. The lowest BCUT2D eigenvalue weighted by Crippen LogP contribution is -2.15. The van der Waals surface area contributed by atoms with Gasteiger partial charge in [0, 0.05) is 18.0 Å². The van der Waals surface area contributed by atoms with Crippen molar-refractivity contribution in [1.82, 2.24) is 9.55 Å². The van der Waals surface area contributed by atoms with Gasteiger partial charge in [0.25, 0.3) is 0 Å². The number of unbranched alkanes of at least 4 members (excludes halogenated alkanes) is 1. The van der Waals surface area contributed by atoms with E-state index in [9.17, 15) is 4.79 Å². The van der Waals surface area contributed by atoms with Crippen LogP contribution in [0.5, 0.6) is 0 Å². The summed E-state index contributed by atoms with van der Waals surface area (Å²) in [6.07, 6.45) is 10.5. The molecule has 0 aliphatic rings. The molecule has 2 rings (SSSR count). The molecule has 0 saturated carbocycles. The predicted octanol–water partition coefficient (Wildman–Crippen LogP) is 4.90. The van der Waals surface area contributed by atoms with E-state index in [0.29, 0.717) is 5.92 Å². The molecule has 0 fully saturated rings. The van der Waals surface area contributed by atoms with Crippen LogP contribution in [0.4, 0.5) is 0 Å². The van der Waals surface area contributed by atoms with Crippen LogP contribution in [0.1, 0.15) is 52.0 Å². The third kappa shape index (κ3) is 4.06. The predicted molar refractivity (Wildman–Crippen MR) is 90.7 cm³/mol. The Morgan fingerprint density at radius 3 is 2.64 bits per heavy atom. The lowest BCUT2D eigenvalue weighted by atomic mass is 9.92. The quantitative estimate of drug-likeness (QED) is 0.617. The van der Waals surface area contributed by atoms with Crippen LogP contribution in [0, 0.1) is 5.92 Å². The first-order valence-electron chi connectivity index (χ1n) is 8.33. The third-order valence-corrected chi connectivity index (χ3v) is 4.33. The molecule has 1 aromatic heterocycles. The number of aromatic nitrogens is 2. The molecule has 22 heavy (non-hydrogen) atoms. The van der Waals surface area contributed by atoms with Gasteiger partial charge in [0.1, 0.15) is 12.1 Å². The molecule has 2 unspecified atom stereocenters. The molecule has 0 amide bonds. The first-order chi connectivity index (χ1) is 10.8. The maximum atomic E-state index is 11.7. The Morgan fingerprint density at radius 1 is 1.23 bits per heavy atom. The smallest absolute Gasteiger partial charge is 0.142 e. The largest absolute Gasteiger partial charge is 0.321 e. The second-order valence-corrected chi connectivity index (χ2v) is 5.88. The van der Waals surface area contributed by atoms with E-state index in [-0.39, 0.29) is 6.04 Å². The standard InChI is InChI=1S/C19H26N2O/c1-3-5-9-16(4-2)14-18(15-22)21-13-12-20-19(21)17-10-7-6-8-11-17/h6-8,10-13,15-16,18H,3-5,9,14H2,1-2H3. The minimum absolute atomic E-state index is 0.125. The van der Waals surface area contributed by atoms with E-state index in [1.165, 1.54) is 19.3 Å². The van der Waals surface area contributed by atoms with E-state index < -0.39 is 0 Å². The molecule has 118 valence electrons. The minimum Gasteiger partial charge on any atom is -0.321 e. The highest BCUT2D eigenvalue weighted by Crippen LogP contribution is 2.27. The molecule has 3 nitrogen and oxygen atoms in total. The average molecular weight is 298 g/mol. The van der Waals surface area contributed by atoms with E-state index in [4.69, 9.17) is 0 Å². The maximum absolute atomic E-state index is 11.7. The molecule has 0 N–H and O–H groups in total. The summed E-state index contributed by atoms with van der Waals surface area (Å²) in [4.78, 5) is 16.1. The second-order valence-electron chi connectivity index (χ2n) is 5.88. The van der Waals surface area contributed by atoms with Crippen molar-refractivity contribution < 1.29 is 4.79 Å². The highest BCUT2D eigenvalue weighted by atomic mass is 16.1. The van der Waals surface area contributed by atoms with Crippen LogP contribution < -0.4 is 0 Å². The number of hydrogen-bond acceptors (Lipinski definition) is 2. The Bertz CT molecular complexity index is 562. The highest BCUT2D eigenvalue weighted by molar-refractivity contribution is 5.61. The fourth-order valence-corrected chi connectivity index (χ4v) is 2.95. The first-order valence-corrected chi connectivity index (χ1v) is 8.33. The average Bonchev–Trinajstić information content (AvgIpc) is 3.05. The maximum Gasteiger partial charge on any atom is 0.142 e. The number of aldehydes is 1. The summed E-state index contributed by atoms with van der Waals surface area (Å²) in [7, 11) is 0. The Kier molecular flexibility index (Phi) is 6.38. The molecule has 2 aromatic rings. The van der Waals surface area contributed by atoms with Crippen molar-refractivity contribution in [3.63, 3.8) is 0 Å². The van der Waals surface area contributed by atoms with Gasteiger partial charge in [-0.15, -0.1) is 0 Å². The van der Waals surface area contributed by atoms with Gasteiger partial charge in [0.05, 0.1) is 6.04 Å². The molecule has 3 heteroatoms. The molecule has 0 bridgehead atoms. The van der Waals surface area contributed by atoms with E-state index in [1.54, 1.807) is 6.20 Å². The minimum atomic E-state index is -0.125. The monoisotopic (exact) mass is 298 g/mol. The highest BCUT2D eigenvalue weighted by Gasteiger charge is 2.19. The Morgan fingerprint density at radius 2 is 2.00 bits per heavy atom. The van der Waals surface area contributed by atoms with Crippen LogP contribution in [0.2, 0.25) is 0 Å². The first kappa shape index (κ1) is 16.5. The van der Waals surface area contributed by atoms with Gasteiger partial charge in [-0.3, -0.25) is 0 Å². The summed E-state index contributed by atoms with van der Waals surface area (Å²) in [5.41, 5.74) is 1.06. The van der Waals surface area contributed by atoms with Crippen LogP contribution in [-0.4, -0.2) is 15.8 Å². The number of carbonyl (C=O) groups is 1. The summed E-state index contributed by atoms with van der Waals surface area (Å²) in [5.74, 6) is 1.48. The summed E-state index contributed by atoms with van der Waals surface area (Å²) < 4.78 is 2.02. The van der Waals surface area contributed by atoms with E-state index in [0.717, 1.165) is 30.5 Å². The Balaban J connectivity index is 2.18. The van der Waals surface area contributed by atoms with Gasteiger partial charge in [-0.25, -0.2) is 4.98 Å². The molecular formula is C19H26N2O. The number of hydrogen-bond donors (Lipinski definition) is 0. The van der Waals surface area contributed by atoms with Gasteiger partial charge in [0.2, 0.25) is 0 Å². The van der Waals surface area contributed by atoms with Gasteiger partial charge in [0.15, 0.2) is 0 Å². The second kappa shape index (κ2) is 8.52. The number of imidazole rings is 1. The molecule has 2 atom stereocenters. The van der Waals surface area contributed by atoms with E-state index >= 15 is 0 Å². The van der Waals surface area contributed by atoms with Crippen molar-refractivity contribution in [2.45, 2.75) is 52.0 Å². The fraction of sp³-hybridized carbons (Fsp3) is 0.474. The number of rotatable bonds is 9. The zero-order chi connectivity index (χ0) is 15.8. The molecular weight excluding hydrogens is 272 g/mol. The van der Waals surface area contributed by atoms with Crippen LogP contribution in [0.25, 0.3) is 11.4 Å². The van der Waals surface area contributed by atoms with Crippen LogP contribution in [0.3, 0.4) is 0 Å². The summed E-state index contributed by atoms with van der Waals surface area (Å²) in [6, 6.07) is 9.94. The van der Waals surface area contributed by atoms with Crippen LogP contribution in [0.15, 0.2) is 42.7 Å². The third-order valence-electron chi connectivity index (χ3n) is 4.33. The number of carbonyl (C=O) groups excluding carboxylic acids is 1. The SMILES string of the molecule is CCCCC(CC)CC(C=O)n1ccnc1-c1ccccc1. The van der Waals surface area contributed by atoms with Crippen LogP contribution >= 0.6 is 0 Å². The van der Waals surface area contributed by atoms with Gasteiger partial charge < -0.3 is 9.36 Å². The molecule has 0 aliphatic carbocycles. The van der Waals surface area contributed by atoms with E-state index in [2.05, 4.69) is 18.8 Å². The van der Waals surface area contributed by atoms with Crippen LogP contribution in [-0.2, 0) is 4.79 Å². The fourth-order valence-electron chi connectivity index (χ4n) is 2.95. The van der Waals surface area contributed by atoms with Crippen molar-refractivity contribution in [1.29, 1.82) is 0 Å². The Labute approximate surface area is 133 Å². The number of benzene rings is 1. The van der Waals surface area contributed by atoms with Crippen molar-refractivity contribution in [3.8, 4) is 11.4 Å². The summed E-state index contributed by atoms with van der Waals surface area (Å²) >= 11 is 0. The van der Waals surface area contributed by atoms with E-state index in [1.807, 2.05) is 41.1 Å². The molecule has 0 radical (unpaired) electrons. The van der Waals surface area contributed by atoms with Crippen molar-refractivity contribution in [3.05, 3.63) is 42.7 Å². The van der Waals surface area contributed by atoms with Gasteiger partial charge in [-0.05, 0) is 12.3 Å². The van der Waals surface area contributed by atoms with Crippen molar-refractivity contribution in [2.75, 3.05) is 0 Å². The number of nitrogens with zero attached hydrogens (tertiary/aromatic N) is 2. The van der Waals surface area contributed by atoms with Crippen molar-refractivity contribution in [2.24, 2.45) is 5.92 Å². The Hall–Kier alpha value is -1.90. The summed E-state index contributed by atoms with van der Waals surface area (Å²) in [5, 5.41) is 0. The lowest BCUT2D eigenvalue weighted by Gasteiger charge is -2.21. The zero-order valence-electron chi connectivity index (χ0n) is 13.6. The molecule has 1 heterocycles. The summed E-state index contributed by atoms with van der Waals surface area (Å²) in [6.45, 7) is 4.43. The van der Waals surface area contributed by atoms with Crippen molar-refractivity contribution >= 4 is 6.29 Å². The molecule has 0 aliphatic heterocycles. The van der Waals surface area contributed by atoms with Gasteiger partial charge >= 0.3 is 0 Å². The topological polar surface area (TPSA) is 34.9 Å². The van der Waals surface area contributed by atoms with Gasteiger partial charge in [-0.1, -0.05) is 69.9 Å². The molecule has 1 aromatic carbocycles.